The number of hydrogen-bond donors (Lipinski definition) is 1. The van der Waals surface area contributed by atoms with Gasteiger partial charge in [-0.05, 0) is 60.7 Å². The summed E-state index contributed by atoms with van der Waals surface area (Å²) in [5.41, 5.74) is -0.334. The highest BCUT2D eigenvalue weighted by molar-refractivity contribution is 7.71. The third-order valence-corrected chi connectivity index (χ3v) is 4.20. The molecule has 1 N–H and O–H groups in total. The van der Waals surface area contributed by atoms with E-state index in [1.54, 1.807) is 0 Å². The van der Waals surface area contributed by atoms with Crippen LogP contribution in [0.5, 0.6) is 5.75 Å². The summed E-state index contributed by atoms with van der Waals surface area (Å²) >= 11 is 5.18. The van der Waals surface area contributed by atoms with Gasteiger partial charge in [0.05, 0.1) is 5.56 Å². The Morgan fingerprint density at radius 1 is 0.900 bits per heavy atom. The van der Waals surface area contributed by atoms with Gasteiger partial charge in [-0.3, -0.25) is 4.57 Å². The zero-order valence-corrected chi connectivity index (χ0v) is 15.5. The molecule has 0 radical (unpaired) electrons. The number of nitrogens with zero attached hydrogens (tertiary/aromatic N) is 2. The third-order valence-electron chi connectivity index (χ3n) is 3.81. The number of alkyl halides is 6. The van der Waals surface area contributed by atoms with Crippen LogP contribution in [0, 0.1) is 4.77 Å². The predicted molar refractivity (Wildman–Crippen MR) is 97.1 cm³/mol. The molecular weight excluding hydrogens is 436 g/mol. The van der Waals surface area contributed by atoms with Crippen LogP contribution in [0.4, 0.5) is 36.8 Å². The van der Waals surface area contributed by atoms with Crippen LogP contribution < -0.4 is 10.1 Å². The first-order valence-electron chi connectivity index (χ1n) is 8.09. The van der Waals surface area contributed by atoms with Crippen molar-refractivity contribution in [2.75, 3.05) is 5.32 Å². The van der Waals surface area contributed by atoms with Gasteiger partial charge in [0.25, 0.3) is 0 Å². The van der Waals surface area contributed by atoms with E-state index in [-0.39, 0.29) is 10.5 Å². The number of ether oxygens (including phenoxy) is 1. The average molecular weight is 447 g/mol. The number of halogens is 6. The van der Waals surface area contributed by atoms with E-state index in [1.807, 2.05) is 0 Å². The molecule has 5 nitrogen and oxygen atoms in total. The lowest BCUT2D eigenvalue weighted by atomic mass is 10.2. The number of carbonyl (C=O) groups excluding carboxylic acids is 1. The number of hydrogen-bond acceptors (Lipinski definition) is 3. The molecule has 0 unspecified atom stereocenters. The van der Waals surface area contributed by atoms with Crippen LogP contribution in [-0.2, 0) is 6.18 Å². The number of rotatable bonds is 3. The maximum Gasteiger partial charge on any atom is 0.573 e. The maximum atomic E-state index is 12.7. The predicted octanol–water partition coefficient (Wildman–Crippen LogP) is 6.01. The first-order valence-corrected chi connectivity index (χ1v) is 8.50. The lowest BCUT2D eigenvalue weighted by Crippen LogP contribution is -2.19. The zero-order chi connectivity index (χ0) is 22.1. The van der Waals surface area contributed by atoms with Gasteiger partial charge in [0.15, 0.2) is 4.77 Å². The van der Waals surface area contributed by atoms with E-state index >= 15 is 0 Å². The number of benzene rings is 2. The van der Waals surface area contributed by atoms with Crippen molar-refractivity contribution in [1.82, 2.24) is 9.13 Å². The molecule has 1 amide bonds. The van der Waals surface area contributed by atoms with Gasteiger partial charge >= 0.3 is 18.6 Å². The number of imidazole rings is 1. The minimum absolute atomic E-state index is 0.0238. The third kappa shape index (κ3) is 5.00. The second kappa shape index (κ2) is 7.86. The number of amides is 1. The highest BCUT2D eigenvalue weighted by Crippen LogP contribution is 2.29. The molecule has 0 aliphatic heterocycles. The lowest BCUT2D eigenvalue weighted by Gasteiger charge is -2.10. The molecule has 2 aromatic carbocycles. The first kappa shape index (κ1) is 21.4. The Morgan fingerprint density at radius 2 is 1.50 bits per heavy atom. The van der Waals surface area contributed by atoms with Gasteiger partial charge in [-0.2, -0.15) is 13.2 Å². The second-order valence-corrected chi connectivity index (χ2v) is 6.23. The molecule has 158 valence electrons. The van der Waals surface area contributed by atoms with E-state index < -0.39 is 29.9 Å². The van der Waals surface area contributed by atoms with Crippen LogP contribution in [-0.4, -0.2) is 21.5 Å². The molecule has 3 aromatic rings. The highest BCUT2D eigenvalue weighted by Gasteiger charge is 2.31. The molecule has 3 rings (SSSR count). The molecule has 12 heteroatoms. The van der Waals surface area contributed by atoms with E-state index in [2.05, 4.69) is 10.1 Å². The standard InChI is InChI=1S/C18H11F6N3O2S/c19-17(20,21)11-1-5-13(6-2-11)26-9-10-27(16(26)30)15(28)25-12-3-7-14(8-4-12)29-18(22,23)24/h1-10H,(H,25,28). The van der Waals surface area contributed by atoms with Gasteiger partial charge in [0, 0.05) is 23.8 Å². The van der Waals surface area contributed by atoms with Crippen LogP contribution in [0.25, 0.3) is 5.69 Å². The summed E-state index contributed by atoms with van der Waals surface area (Å²) in [4.78, 5) is 12.4. The SMILES string of the molecule is O=C(Nc1ccc(OC(F)(F)F)cc1)n1ccn(-c2ccc(C(F)(F)F)cc2)c1=S. The lowest BCUT2D eigenvalue weighted by molar-refractivity contribution is -0.274. The quantitative estimate of drug-likeness (QED) is 0.396. The van der Waals surface area contributed by atoms with Crippen molar-refractivity contribution >= 4 is 23.9 Å². The van der Waals surface area contributed by atoms with Crippen molar-refractivity contribution in [2.45, 2.75) is 12.5 Å². The summed E-state index contributed by atoms with van der Waals surface area (Å²) in [5, 5.41) is 2.44. The fourth-order valence-electron chi connectivity index (χ4n) is 2.46. The summed E-state index contributed by atoms with van der Waals surface area (Å²) in [5.74, 6) is -0.453. The van der Waals surface area contributed by atoms with E-state index in [9.17, 15) is 31.1 Å². The molecule has 0 aliphatic carbocycles. The normalized spacial score (nSPS) is 11.9. The summed E-state index contributed by atoms with van der Waals surface area (Å²) in [7, 11) is 0. The molecule has 0 bridgehead atoms. The van der Waals surface area contributed by atoms with Gasteiger partial charge in [0.2, 0.25) is 0 Å². The molecule has 1 heterocycles. The van der Waals surface area contributed by atoms with E-state index in [1.165, 1.54) is 41.2 Å². The minimum Gasteiger partial charge on any atom is -0.406 e. The Hall–Kier alpha value is -3.28. The van der Waals surface area contributed by atoms with E-state index in [4.69, 9.17) is 12.2 Å². The summed E-state index contributed by atoms with van der Waals surface area (Å²) < 4.78 is 80.6. The minimum atomic E-state index is -4.83. The fourth-order valence-corrected chi connectivity index (χ4v) is 2.77. The number of anilines is 1. The molecule has 0 aliphatic rings. The number of carbonyl (C=O) groups is 1. The van der Waals surface area contributed by atoms with Gasteiger partial charge < -0.3 is 10.1 Å². The average Bonchev–Trinajstić information content (AvgIpc) is 3.03. The monoisotopic (exact) mass is 447 g/mol. The van der Waals surface area contributed by atoms with Crippen LogP contribution in [0.1, 0.15) is 5.56 Å². The van der Waals surface area contributed by atoms with Crippen molar-refractivity contribution < 1.29 is 35.9 Å². The van der Waals surface area contributed by atoms with Crippen LogP contribution >= 0.6 is 12.2 Å². The first-order chi connectivity index (χ1) is 13.9. The van der Waals surface area contributed by atoms with E-state index in [0.29, 0.717) is 5.69 Å². The van der Waals surface area contributed by atoms with Crippen molar-refractivity contribution in [3.63, 3.8) is 0 Å². The van der Waals surface area contributed by atoms with E-state index in [0.717, 1.165) is 28.8 Å². The molecular formula is C18H11F6N3O2S. The van der Waals surface area contributed by atoms with Gasteiger partial charge in [-0.1, -0.05) is 0 Å². The van der Waals surface area contributed by atoms with Crippen LogP contribution in [0.15, 0.2) is 60.9 Å². The van der Waals surface area contributed by atoms with Crippen molar-refractivity contribution in [2.24, 2.45) is 0 Å². The van der Waals surface area contributed by atoms with Crippen molar-refractivity contribution in [3.8, 4) is 11.4 Å². The Balaban J connectivity index is 1.75. The molecule has 0 spiro atoms. The summed E-state index contributed by atoms with van der Waals surface area (Å²) in [6.07, 6.45) is -6.62. The second-order valence-electron chi connectivity index (χ2n) is 5.87. The van der Waals surface area contributed by atoms with Gasteiger partial charge in [-0.25, -0.2) is 9.36 Å². The molecule has 0 fully saturated rings. The molecule has 0 saturated heterocycles. The smallest absolute Gasteiger partial charge is 0.406 e. The zero-order valence-electron chi connectivity index (χ0n) is 14.7. The fraction of sp³-hybridized carbons (Fsp3) is 0.111. The summed E-state index contributed by atoms with van der Waals surface area (Å²) in [6, 6.07) is 7.94. The molecule has 0 saturated carbocycles. The Morgan fingerprint density at radius 3 is 2.03 bits per heavy atom. The number of nitrogens with one attached hydrogen (secondary N) is 1. The van der Waals surface area contributed by atoms with Crippen LogP contribution in [0.3, 0.4) is 0 Å². The molecule has 1 aromatic heterocycles. The number of aromatic nitrogens is 2. The van der Waals surface area contributed by atoms with Gasteiger partial charge in [-0.15, -0.1) is 13.2 Å². The highest BCUT2D eigenvalue weighted by atomic mass is 32.1. The largest absolute Gasteiger partial charge is 0.573 e. The Kier molecular flexibility index (Phi) is 5.61. The van der Waals surface area contributed by atoms with Gasteiger partial charge in [0.1, 0.15) is 5.75 Å². The van der Waals surface area contributed by atoms with Crippen LogP contribution in [0.2, 0.25) is 0 Å². The van der Waals surface area contributed by atoms with Crippen molar-refractivity contribution in [3.05, 3.63) is 71.3 Å². The summed E-state index contributed by atoms with van der Waals surface area (Å²) in [6.45, 7) is 0. The topological polar surface area (TPSA) is 48.2 Å². The Labute approximate surface area is 170 Å². The maximum absolute atomic E-state index is 12.7. The Bertz CT molecular complexity index is 1100. The van der Waals surface area contributed by atoms with Crippen molar-refractivity contribution in [1.29, 1.82) is 0 Å². The molecule has 30 heavy (non-hydrogen) atoms. The molecule has 0 atom stereocenters.